The van der Waals surface area contributed by atoms with Crippen molar-refractivity contribution < 1.29 is 14.3 Å². The summed E-state index contributed by atoms with van der Waals surface area (Å²) in [5.41, 5.74) is 2.48. The maximum absolute atomic E-state index is 12.8. The quantitative estimate of drug-likeness (QED) is 0.551. The van der Waals surface area contributed by atoms with Crippen molar-refractivity contribution in [3.63, 3.8) is 0 Å². The van der Waals surface area contributed by atoms with Gasteiger partial charge in [-0.15, -0.1) is 5.10 Å². The topological polar surface area (TPSA) is 88.8 Å². The minimum Gasteiger partial charge on any atom is -0.476 e. The van der Waals surface area contributed by atoms with Gasteiger partial charge in [0.1, 0.15) is 5.75 Å². The second-order valence-electron chi connectivity index (χ2n) is 6.82. The van der Waals surface area contributed by atoms with Crippen molar-refractivity contribution in [1.82, 2.24) is 14.6 Å². The van der Waals surface area contributed by atoms with Gasteiger partial charge in [0.05, 0.1) is 24.1 Å². The average Bonchev–Trinajstić information content (AvgIpc) is 3.32. The van der Waals surface area contributed by atoms with Gasteiger partial charge in [-0.2, -0.15) is 0 Å². The number of rotatable bonds is 3. The molecule has 150 valence electrons. The highest BCUT2D eigenvalue weighted by atomic mass is 32.1. The predicted octanol–water partition coefficient (Wildman–Crippen LogP) is 3.21. The molecule has 0 unspecified atom stereocenters. The van der Waals surface area contributed by atoms with Crippen LogP contribution in [0.15, 0.2) is 60.8 Å². The van der Waals surface area contributed by atoms with E-state index in [4.69, 9.17) is 4.74 Å². The van der Waals surface area contributed by atoms with Gasteiger partial charge in [-0.1, -0.05) is 53.8 Å². The largest absolute Gasteiger partial charge is 0.476 e. The highest BCUT2D eigenvalue weighted by Crippen LogP contribution is 2.33. The van der Waals surface area contributed by atoms with Crippen LogP contribution in [0.4, 0.5) is 10.8 Å². The lowest BCUT2D eigenvalue weighted by Gasteiger charge is -2.33. The van der Waals surface area contributed by atoms with Crippen molar-refractivity contribution >= 4 is 38.9 Å². The Balaban J connectivity index is 1.34. The molecule has 2 aromatic carbocycles. The van der Waals surface area contributed by atoms with Gasteiger partial charge in [-0.3, -0.25) is 14.9 Å². The molecule has 0 saturated carbocycles. The Morgan fingerprint density at radius 1 is 1.13 bits per heavy atom. The summed E-state index contributed by atoms with van der Waals surface area (Å²) in [5.74, 6) is -0.0127. The fourth-order valence-corrected chi connectivity index (χ4v) is 4.14. The number of para-hydroxylation sites is 2. The van der Waals surface area contributed by atoms with Gasteiger partial charge in [0.25, 0.3) is 5.91 Å². The van der Waals surface area contributed by atoms with Gasteiger partial charge in [0.2, 0.25) is 16.0 Å². The van der Waals surface area contributed by atoms with Crippen molar-refractivity contribution in [3.8, 4) is 17.0 Å². The van der Waals surface area contributed by atoms with Crippen LogP contribution >= 0.6 is 11.3 Å². The third-order valence-electron chi connectivity index (χ3n) is 4.79. The van der Waals surface area contributed by atoms with Gasteiger partial charge < -0.3 is 9.64 Å². The molecule has 1 aliphatic rings. The lowest BCUT2D eigenvalue weighted by Crippen LogP contribution is -2.48. The van der Waals surface area contributed by atoms with E-state index in [0.717, 1.165) is 11.3 Å². The van der Waals surface area contributed by atoms with Crippen LogP contribution in [0.5, 0.6) is 5.75 Å². The number of anilines is 2. The highest BCUT2D eigenvalue weighted by molar-refractivity contribution is 7.20. The Morgan fingerprint density at radius 3 is 2.67 bits per heavy atom. The first-order chi connectivity index (χ1) is 14.6. The molecule has 5 rings (SSSR count). The Kier molecular flexibility index (Phi) is 4.44. The Bertz CT molecular complexity index is 1220. The first-order valence-electron chi connectivity index (χ1n) is 9.35. The van der Waals surface area contributed by atoms with E-state index in [2.05, 4.69) is 15.4 Å². The minimum atomic E-state index is -0.833. The molecule has 2 aromatic heterocycles. The molecule has 0 radical (unpaired) electrons. The molecule has 1 aliphatic heterocycles. The number of imidazole rings is 1. The summed E-state index contributed by atoms with van der Waals surface area (Å²) in [6.07, 6.45) is 0.988. The number of hydrogen-bond donors (Lipinski definition) is 1. The molecule has 1 atom stereocenters. The normalized spacial score (nSPS) is 15.5. The molecule has 3 heterocycles. The summed E-state index contributed by atoms with van der Waals surface area (Å²) in [5, 5.41) is 7.59. The molecule has 0 aliphatic carbocycles. The zero-order valence-electron chi connectivity index (χ0n) is 16.0. The third-order valence-corrected chi connectivity index (χ3v) is 5.63. The summed E-state index contributed by atoms with van der Waals surface area (Å²) in [6.45, 7) is 1.61. The van der Waals surface area contributed by atoms with Crippen LogP contribution in [0.2, 0.25) is 0 Å². The van der Waals surface area contributed by atoms with Crippen molar-refractivity contribution in [2.24, 2.45) is 0 Å². The van der Waals surface area contributed by atoms with Crippen LogP contribution in [0.25, 0.3) is 16.2 Å². The zero-order chi connectivity index (χ0) is 20.7. The Morgan fingerprint density at radius 2 is 1.90 bits per heavy atom. The van der Waals surface area contributed by atoms with Gasteiger partial charge in [-0.05, 0) is 12.1 Å². The summed E-state index contributed by atoms with van der Waals surface area (Å²) < 4.78 is 7.47. The lowest BCUT2D eigenvalue weighted by molar-refractivity contribution is -0.123. The first kappa shape index (κ1) is 18.3. The number of nitrogens with one attached hydrogen (secondary N) is 1. The highest BCUT2D eigenvalue weighted by Gasteiger charge is 2.33. The number of ether oxygens (including phenoxy) is 1. The van der Waals surface area contributed by atoms with E-state index in [1.54, 1.807) is 27.6 Å². The van der Waals surface area contributed by atoms with Crippen LogP contribution in [-0.2, 0) is 9.59 Å². The van der Waals surface area contributed by atoms with E-state index >= 15 is 0 Å². The molecular weight excluding hydrogens is 402 g/mol. The number of carbonyl (C=O) groups excluding carboxylic acids is 2. The van der Waals surface area contributed by atoms with E-state index in [-0.39, 0.29) is 18.4 Å². The summed E-state index contributed by atoms with van der Waals surface area (Å²) in [7, 11) is 0. The Hall–Kier alpha value is -3.72. The van der Waals surface area contributed by atoms with Crippen molar-refractivity contribution in [2.75, 3.05) is 16.8 Å². The van der Waals surface area contributed by atoms with Gasteiger partial charge in [0, 0.05) is 12.5 Å². The maximum atomic E-state index is 12.8. The number of benzene rings is 2. The summed E-state index contributed by atoms with van der Waals surface area (Å²) >= 11 is 1.27. The van der Waals surface area contributed by atoms with Crippen LogP contribution < -0.4 is 15.0 Å². The van der Waals surface area contributed by atoms with E-state index in [0.29, 0.717) is 21.5 Å². The molecule has 2 amide bonds. The van der Waals surface area contributed by atoms with Gasteiger partial charge in [-0.25, -0.2) is 9.50 Å². The number of nitrogens with zero attached hydrogens (tertiary/aromatic N) is 4. The maximum Gasteiger partial charge on any atom is 0.269 e. The number of fused-ring (bicyclic) bond motifs is 2. The average molecular weight is 419 g/mol. The molecule has 4 aromatic rings. The van der Waals surface area contributed by atoms with E-state index in [1.165, 1.54) is 18.3 Å². The molecule has 1 N–H and O–H groups in total. The van der Waals surface area contributed by atoms with Gasteiger partial charge in [0.15, 0.2) is 6.10 Å². The lowest BCUT2D eigenvalue weighted by atomic mass is 10.2. The molecule has 9 heteroatoms. The fraction of sp³-hybridized carbons (Fsp3) is 0.143. The minimum absolute atomic E-state index is 0.138. The number of aromatic nitrogens is 3. The summed E-state index contributed by atoms with van der Waals surface area (Å²) in [4.78, 5) is 31.6. The van der Waals surface area contributed by atoms with Crippen LogP contribution in [-0.4, -0.2) is 39.1 Å². The van der Waals surface area contributed by atoms with Crippen LogP contribution in [0, 0.1) is 0 Å². The predicted molar refractivity (Wildman–Crippen MR) is 114 cm³/mol. The Labute approximate surface area is 175 Å². The van der Waals surface area contributed by atoms with E-state index in [9.17, 15) is 9.59 Å². The smallest absolute Gasteiger partial charge is 0.269 e. The van der Waals surface area contributed by atoms with Crippen molar-refractivity contribution in [3.05, 3.63) is 60.8 Å². The SMILES string of the molecule is CC(=O)N1C[C@@H](C(=O)Nc2nn3cc(-c4ccccc4)nc3s2)Oc2ccccc21. The molecule has 0 bridgehead atoms. The van der Waals surface area contributed by atoms with Gasteiger partial charge >= 0.3 is 0 Å². The standard InChI is InChI=1S/C21H17N5O3S/c1-13(27)25-12-18(29-17-10-6-5-9-16(17)25)19(28)23-20-24-26-11-15(22-21(26)30-20)14-7-3-2-4-8-14/h2-11,18H,12H2,1H3,(H,23,24,28)/t18-/m0/s1. The second-order valence-corrected chi connectivity index (χ2v) is 7.78. The first-order valence-corrected chi connectivity index (χ1v) is 10.2. The van der Waals surface area contributed by atoms with E-state index < -0.39 is 6.10 Å². The van der Waals surface area contributed by atoms with Crippen LogP contribution in [0.3, 0.4) is 0 Å². The molecule has 8 nitrogen and oxygen atoms in total. The number of hydrogen-bond acceptors (Lipinski definition) is 6. The van der Waals surface area contributed by atoms with Crippen molar-refractivity contribution in [2.45, 2.75) is 13.0 Å². The zero-order valence-corrected chi connectivity index (χ0v) is 16.8. The summed E-state index contributed by atoms with van der Waals surface area (Å²) in [6, 6.07) is 17.0. The molecule has 0 spiro atoms. The van der Waals surface area contributed by atoms with Crippen molar-refractivity contribution in [1.29, 1.82) is 0 Å². The fourth-order valence-electron chi connectivity index (χ4n) is 3.35. The molecule has 0 saturated heterocycles. The second kappa shape index (κ2) is 7.27. The number of carbonyl (C=O) groups is 2. The molecule has 30 heavy (non-hydrogen) atoms. The third kappa shape index (κ3) is 3.29. The van der Waals surface area contributed by atoms with Crippen LogP contribution in [0.1, 0.15) is 6.92 Å². The molecular formula is C21H17N5O3S. The number of amides is 2. The van der Waals surface area contributed by atoms with E-state index in [1.807, 2.05) is 42.6 Å². The molecule has 0 fully saturated rings. The monoisotopic (exact) mass is 419 g/mol.